The van der Waals surface area contributed by atoms with E-state index in [1.807, 2.05) is 18.2 Å². The van der Waals surface area contributed by atoms with Crippen LogP contribution in [0.3, 0.4) is 0 Å². The molecule has 5 heteroatoms. The largest absolute Gasteiger partial charge is 0.485 e. The molecule has 0 aliphatic rings. The van der Waals surface area contributed by atoms with Crippen LogP contribution in [0.5, 0.6) is 5.75 Å². The molecule has 0 amide bonds. The highest BCUT2D eigenvalue weighted by atomic mass is 19.1. The second kappa shape index (κ2) is 8.34. The number of ether oxygens (including phenoxy) is 2. The summed E-state index contributed by atoms with van der Waals surface area (Å²) < 4.78 is 24.5. The van der Waals surface area contributed by atoms with Gasteiger partial charge in [0.1, 0.15) is 6.61 Å². The highest BCUT2D eigenvalue weighted by Gasteiger charge is 2.09. The Morgan fingerprint density at radius 3 is 2.76 bits per heavy atom. The number of hydrogen-bond donors (Lipinski definition) is 1. The lowest BCUT2D eigenvalue weighted by Crippen LogP contribution is -2.19. The summed E-state index contributed by atoms with van der Waals surface area (Å²) in [6, 6.07) is 8.63. The maximum Gasteiger partial charge on any atom is 0.165 e. The van der Waals surface area contributed by atoms with Crippen molar-refractivity contribution in [3.05, 3.63) is 59.7 Å². The van der Waals surface area contributed by atoms with E-state index >= 15 is 0 Å². The molecule has 0 saturated heterocycles. The van der Waals surface area contributed by atoms with E-state index in [0.717, 1.165) is 11.1 Å². The van der Waals surface area contributed by atoms with Crippen molar-refractivity contribution in [2.24, 2.45) is 0 Å². The average Bonchev–Trinajstić information content (AvgIpc) is 2.52. The van der Waals surface area contributed by atoms with Crippen molar-refractivity contribution in [1.29, 1.82) is 0 Å². The van der Waals surface area contributed by atoms with Gasteiger partial charge in [0.2, 0.25) is 0 Å². The van der Waals surface area contributed by atoms with Crippen LogP contribution in [0.25, 0.3) is 0 Å². The van der Waals surface area contributed by atoms with E-state index in [0.29, 0.717) is 32.1 Å². The Hall–Kier alpha value is -1.98. The normalized spacial score (nSPS) is 10.6. The minimum absolute atomic E-state index is 0.291. The fourth-order valence-electron chi connectivity index (χ4n) is 1.89. The molecular weight excluding hydrogens is 271 g/mol. The monoisotopic (exact) mass is 290 g/mol. The number of rotatable bonds is 8. The Morgan fingerprint density at radius 2 is 2.00 bits per heavy atom. The van der Waals surface area contributed by atoms with Gasteiger partial charge in [-0.15, -0.1) is 0 Å². The van der Waals surface area contributed by atoms with Gasteiger partial charge in [0.15, 0.2) is 11.6 Å². The lowest BCUT2D eigenvalue weighted by atomic mass is 10.2. The van der Waals surface area contributed by atoms with Gasteiger partial charge in [-0.3, -0.25) is 4.98 Å². The number of halogens is 1. The van der Waals surface area contributed by atoms with Crippen molar-refractivity contribution in [2.75, 3.05) is 20.3 Å². The molecule has 1 aromatic carbocycles. The Bertz CT molecular complexity index is 549. The summed E-state index contributed by atoms with van der Waals surface area (Å²) in [5.41, 5.74) is 1.74. The van der Waals surface area contributed by atoms with Crippen LogP contribution in [0.4, 0.5) is 4.39 Å². The topological polar surface area (TPSA) is 43.4 Å². The van der Waals surface area contributed by atoms with Crippen molar-refractivity contribution in [3.63, 3.8) is 0 Å². The van der Waals surface area contributed by atoms with Gasteiger partial charge < -0.3 is 14.8 Å². The summed E-state index contributed by atoms with van der Waals surface area (Å²) in [7, 11) is 1.65. The lowest BCUT2D eigenvalue weighted by molar-refractivity contribution is 0.199. The number of nitrogens with one attached hydrogen (secondary N) is 1. The van der Waals surface area contributed by atoms with Crippen LogP contribution >= 0.6 is 0 Å². The van der Waals surface area contributed by atoms with E-state index in [1.165, 1.54) is 6.07 Å². The fraction of sp³-hybridized carbons (Fsp3) is 0.312. The summed E-state index contributed by atoms with van der Waals surface area (Å²) in [5.74, 6) is -0.0608. The van der Waals surface area contributed by atoms with E-state index in [4.69, 9.17) is 9.47 Å². The van der Waals surface area contributed by atoms with Crippen LogP contribution in [0.15, 0.2) is 42.7 Å². The van der Waals surface area contributed by atoms with E-state index in [2.05, 4.69) is 10.3 Å². The number of hydrogen-bond acceptors (Lipinski definition) is 4. The lowest BCUT2D eigenvalue weighted by Gasteiger charge is -2.13. The predicted octanol–water partition coefficient (Wildman–Crippen LogP) is 2.54. The van der Waals surface area contributed by atoms with Crippen LogP contribution in [-0.4, -0.2) is 25.2 Å². The SMILES string of the molecule is COCCNCc1cccc(F)c1OCc1ccncc1. The van der Waals surface area contributed by atoms with Crippen molar-refractivity contribution in [3.8, 4) is 5.75 Å². The quantitative estimate of drug-likeness (QED) is 0.759. The number of nitrogens with zero attached hydrogens (tertiary/aromatic N) is 1. The molecule has 1 aromatic heterocycles. The maximum absolute atomic E-state index is 13.9. The highest BCUT2D eigenvalue weighted by Crippen LogP contribution is 2.23. The first-order valence-electron chi connectivity index (χ1n) is 6.80. The zero-order valence-corrected chi connectivity index (χ0v) is 12.0. The van der Waals surface area contributed by atoms with Crippen LogP contribution in [0.1, 0.15) is 11.1 Å². The van der Waals surface area contributed by atoms with Crippen molar-refractivity contribution < 1.29 is 13.9 Å². The molecule has 0 saturated carbocycles. The molecule has 21 heavy (non-hydrogen) atoms. The van der Waals surface area contributed by atoms with Crippen molar-refractivity contribution >= 4 is 0 Å². The Balaban J connectivity index is 2.00. The zero-order valence-electron chi connectivity index (χ0n) is 12.0. The van der Waals surface area contributed by atoms with Crippen LogP contribution in [0.2, 0.25) is 0 Å². The minimum atomic E-state index is -0.352. The third-order valence-electron chi connectivity index (χ3n) is 2.98. The standard InChI is InChI=1S/C16H19FN2O2/c1-20-10-9-19-11-14-3-2-4-15(17)16(14)21-12-13-5-7-18-8-6-13/h2-8,19H,9-12H2,1H3. The first-order valence-corrected chi connectivity index (χ1v) is 6.80. The molecule has 1 heterocycles. The van der Waals surface area contributed by atoms with Gasteiger partial charge in [0.25, 0.3) is 0 Å². The molecule has 2 rings (SSSR count). The van der Waals surface area contributed by atoms with Crippen molar-refractivity contribution in [2.45, 2.75) is 13.2 Å². The van der Waals surface area contributed by atoms with E-state index in [9.17, 15) is 4.39 Å². The first-order chi connectivity index (χ1) is 10.3. The van der Waals surface area contributed by atoms with Crippen molar-refractivity contribution in [1.82, 2.24) is 10.3 Å². The van der Waals surface area contributed by atoms with Gasteiger partial charge in [-0.2, -0.15) is 0 Å². The predicted molar refractivity (Wildman–Crippen MR) is 78.6 cm³/mol. The van der Waals surface area contributed by atoms with Gasteiger partial charge in [-0.25, -0.2) is 4.39 Å². The molecule has 4 nitrogen and oxygen atoms in total. The molecule has 0 bridgehead atoms. The number of aromatic nitrogens is 1. The van der Waals surface area contributed by atoms with Gasteiger partial charge >= 0.3 is 0 Å². The molecule has 0 spiro atoms. The van der Waals surface area contributed by atoms with Gasteiger partial charge in [-0.1, -0.05) is 12.1 Å². The van der Waals surface area contributed by atoms with Gasteiger partial charge in [0, 0.05) is 38.2 Å². The summed E-state index contributed by atoms with van der Waals surface area (Å²) in [6.07, 6.45) is 3.38. The van der Waals surface area contributed by atoms with Crippen LogP contribution < -0.4 is 10.1 Å². The third-order valence-corrected chi connectivity index (χ3v) is 2.98. The van der Waals surface area contributed by atoms with E-state index < -0.39 is 0 Å². The zero-order chi connectivity index (χ0) is 14.9. The minimum Gasteiger partial charge on any atom is -0.485 e. The molecule has 0 aliphatic carbocycles. The average molecular weight is 290 g/mol. The first kappa shape index (κ1) is 15.4. The molecule has 0 radical (unpaired) electrons. The van der Waals surface area contributed by atoms with Gasteiger partial charge in [0.05, 0.1) is 6.61 Å². The number of pyridine rings is 1. The summed E-state index contributed by atoms with van der Waals surface area (Å²) in [4.78, 5) is 3.94. The molecule has 0 atom stereocenters. The number of benzene rings is 1. The third kappa shape index (κ3) is 4.81. The second-order valence-corrected chi connectivity index (χ2v) is 4.54. The molecule has 0 aliphatic heterocycles. The summed E-state index contributed by atoms with van der Waals surface area (Å²) >= 11 is 0. The summed E-state index contributed by atoms with van der Waals surface area (Å²) in [6.45, 7) is 2.17. The number of para-hydroxylation sites is 1. The maximum atomic E-state index is 13.9. The fourth-order valence-corrected chi connectivity index (χ4v) is 1.89. The molecule has 2 aromatic rings. The highest BCUT2D eigenvalue weighted by molar-refractivity contribution is 5.35. The van der Waals surface area contributed by atoms with Crippen LogP contribution in [-0.2, 0) is 17.9 Å². The molecular formula is C16H19FN2O2. The molecule has 1 N–H and O–H groups in total. The van der Waals surface area contributed by atoms with E-state index in [1.54, 1.807) is 25.6 Å². The smallest absolute Gasteiger partial charge is 0.165 e. The summed E-state index contributed by atoms with van der Waals surface area (Å²) in [5, 5.41) is 3.19. The molecule has 0 fully saturated rings. The van der Waals surface area contributed by atoms with Crippen LogP contribution in [0, 0.1) is 5.82 Å². The Kier molecular flexibility index (Phi) is 6.12. The Morgan fingerprint density at radius 1 is 1.19 bits per heavy atom. The second-order valence-electron chi connectivity index (χ2n) is 4.54. The van der Waals surface area contributed by atoms with E-state index in [-0.39, 0.29) is 5.82 Å². The molecule has 0 unspecified atom stereocenters. The Labute approximate surface area is 123 Å². The number of methoxy groups -OCH3 is 1. The molecule has 112 valence electrons. The van der Waals surface area contributed by atoms with Gasteiger partial charge in [-0.05, 0) is 23.8 Å².